The van der Waals surface area contributed by atoms with Crippen molar-refractivity contribution in [2.45, 2.75) is 46.2 Å². The van der Waals surface area contributed by atoms with Crippen LogP contribution in [0, 0.1) is 20.8 Å². The average molecular weight is 579 g/mol. The first-order chi connectivity index (χ1) is 18.7. The summed E-state index contributed by atoms with van der Waals surface area (Å²) >= 11 is 19.0. The summed E-state index contributed by atoms with van der Waals surface area (Å²) in [5.74, 6) is -0.0237. The number of thiocarbonyl (C=S) groups is 1. The summed E-state index contributed by atoms with van der Waals surface area (Å²) in [5.41, 5.74) is 7.53. The normalized spacial score (nSPS) is 16.9. The number of pyridine rings is 1. The van der Waals surface area contributed by atoms with Crippen molar-refractivity contribution in [3.63, 3.8) is 0 Å². The zero-order valence-corrected chi connectivity index (χ0v) is 24.5. The van der Waals surface area contributed by atoms with Gasteiger partial charge in [0.05, 0.1) is 33.5 Å². The molecular formula is C30H29Cl2N5OS. The van der Waals surface area contributed by atoms with Crippen LogP contribution in [0.2, 0.25) is 10.0 Å². The monoisotopic (exact) mass is 577 g/mol. The lowest BCUT2D eigenvalue weighted by molar-refractivity contribution is -0.115. The quantitative estimate of drug-likeness (QED) is 0.231. The molecule has 0 aliphatic carbocycles. The molecular weight excluding hydrogens is 549 g/mol. The number of rotatable bonds is 6. The van der Waals surface area contributed by atoms with Gasteiger partial charge in [-0.3, -0.25) is 9.78 Å². The molecule has 1 saturated heterocycles. The SMILES string of the molecule is CCC(=O)Nc1ccc(N2C(=S)N[C@H](c3ccccn3)[C@@H]2c2cc(C)n(-c3cccc(Cl)c3Cl)c2C)cc1C. The van der Waals surface area contributed by atoms with Gasteiger partial charge in [-0.15, -0.1) is 0 Å². The van der Waals surface area contributed by atoms with E-state index >= 15 is 0 Å². The molecule has 0 saturated carbocycles. The number of amides is 1. The standard InChI is InChI=1S/C30H29Cl2N5OS/c1-5-26(38)34-23-13-12-20(15-17(23)2)37-29(28(35-30(37)39)24-10-6-7-14-33-24)21-16-18(3)36(19(21)4)25-11-8-9-22(31)27(25)32/h6-16,28-29H,5H2,1-4H3,(H,34,38)(H,35,39)/t28-,29+/m1/s1. The number of hydrogen-bond acceptors (Lipinski definition) is 3. The first-order valence-electron chi connectivity index (χ1n) is 12.8. The van der Waals surface area contributed by atoms with E-state index in [2.05, 4.69) is 51.1 Å². The van der Waals surface area contributed by atoms with Crippen molar-refractivity contribution in [1.82, 2.24) is 14.9 Å². The fourth-order valence-corrected chi connectivity index (χ4v) is 5.97. The van der Waals surface area contributed by atoms with Crippen LogP contribution in [-0.4, -0.2) is 20.6 Å². The Labute approximate surface area is 244 Å². The van der Waals surface area contributed by atoms with Crippen molar-refractivity contribution in [2.24, 2.45) is 0 Å². The molecule has 0 bridgehead atoms. The Hall–Kier alpha value is -3.39. The molecule has 9 heteroatoms. The van der Waals surface area contributed by atoms with Gasteiger partial charge in [-0.25, -0.2) is 0 Å². The summed E-state index contributed by atoms with van der Waals surface area (Å²) in [7, 11) is 0. The second-order valence-corrected chi connectivity index (χ2v) is 10.8. The minimum absolute atomic E-state index is 0.0237. The third-order valence-electron chi connectivity index (χ3n) is 7.14. The number of anilines is 2. The molecule has 2 aromatic carbocycles. The Balaban J connectivity index is 1.65. The summed E-state index contributed by atoms with van der Waals surface area (Å²) < 4.78 is 2.13. The predicted octanol–water partition coefficient (Wildman–Crippen LogP) is 7.63. The Morgan fingerprint density at radius 3 is 2.56 bits per heavy atom. The van der Waals surface area contributed by atoms with Crippen LogP contribution in [0.25, 0.3) is 5.69 Å². The van der Waals surface area contributed by atoms with Crippen molar-refractivity contribution in [2.75, 3.05) is 10.2 Å². The number of nitrogens with zero attached hydrogens (tertiary/aromatic N) is 3. The van der Waals surface area contributed by atoms with Crippen LogP contribution in [0.1, 0.15) is 53.6 Å². The van der Waals surface area contributed by atoms with Crippen molar-refractivity contribution in [3.8, 4) is 5.69 Å². The van der Waals surface area contributed by atoms with Crippen LogP contribution in [-0.2, 0) is 4.79 Å². The van der Waals surface area contributed by atoms with Gasteiger partial charge in [-0.1, -0.05) is 42.3 Å². The Kier molecular flexibility index (Phi) is 7.67. The van der Waals surface area contributed by atoms with Gasteiger partial charge in [0.2, 0.25) is 5.91 Å². The summed E-state index contributed by atoms with van der Waals surface area (Å²) in [4.78, 5) is 18.8. The summed E-state index contributed by atoms with van der Waals surface area (Å²) in [6.07, 6.45) is 2.21. The second-order valence-electron chi connectivity index (χ2n) is 9.63. The topological polar surface area (TPSA) is 62.2 Å². The first kappa shape index (κ1) is 27.2. The van der Waals surface area contributed by atoms with Crippen LogP contribution < -0.4 is 15.5 Å². The van der Waals surface area contributed by atoms with E-state index in [1.165, 1.54) is 0 Å². The molecule has 1 amide bonds. The molecule has 200 valence electrons. The summed E-state index contributed by atoms with van der Waals surface area (Å²) in [6.45, 7) is 7.97. The highest BCUT2D eigenvalue weighted by atomic mass is 35.5. The molecule has 2 aromatic heterocycles. The maximum absolute atomic E-state index is 12.0. The zero-order valence-electron chi connectivity index (χ0n) is 22.1. The van der Waals surface area contributed by atoms with Gasteiger partial charge in [-0.05, 0) is 92.6 Å². The largest absolute Gasteiger partial charge is 0.351 e. The van der Waals surface area contributed by atoms with Gasteiger partial charge in [-0.2, -0.15) is 0 Å². The number of nitrogens with one attached hydrogen (secondary N) is 2. The molecule has 5 rings (SSSR count). The van der Waals surface area contributed by atoms with E-state index < -0.39 is 0 Å². The summed E-state index contributed by atoms with van der Waals surface area (Å²) in [6, 6.07) is 19.3. The molecule has 3 heterocycles. The molecule has 2 atom stereocenters. The molecule has 0 unspecified atom stereocenters. The molecule has 0 radical (unpaired) electrons. The van der Waals surface area contributed by atoms with E-state index in [9.17, 15) is 4.79 Å². The van der Waals surface area contributed by atoms with Crippen LogP contribution in [0.15, 0.2) is 66.9 Å². The van der Waals surface area contributed by atoms with Gasteiger partial charge >= 0.3 is 0 Å². The zero-order chi connectivity index (χ0) is 27.8. The van der Waals surface area contributed by atoms with E-state index in [-0.39, 0.29) is 18.0 Å². The lowest BCUT2D eigenvalue weighted by Crippen LogP contribution is -2.29. The van der Waals surface area contributed by atoms with E-state index in [1.54, 1.807) is 12.3 Å². The van der Waals surface area contributed by atoms with Crippen molar-refractivity contribution >= 4 is 57.8 Å². The Morgan fingerprint density at radius 1 is 1.08 bits per heavy atom. The highest BCUT2D eigenvalue weighted by Gasteiger charge is 2.42. The molecule has 1 fully saturated rings. The van der Waals surface area contributed by atoms with Crippen molar-refractivity contribution in [3.05, 3.63) is 105 Å². The number of carbonyl (C=O) groups excluding carboxylic acids is 1. The number of benzene rings is 2. The van der Waals surface area contributed by atoms with Gasteiger partial charge in [0.1, 0.15) is 0 Å². The number of aryl methyl sites for hydroxylation is 2. The minimum Gasteiger partial charge on any atom is -0.351 e. The second kappa shape index (κ2) is 11.0. The number of aromatic nitrogens is 2. The highest BCUT2D eigenvalue weighted by Crippen LogP contribution is 2.45. The number of hydrogen-bond donors (Lipinski definition) is 2. The third-order valence-corrected chi connectivity index (χ3v) is 8.27. The van der Waals surface area contributed by atoms with E-state index in [0.717, 1.165) is 45.3 Å². The fraction of sp³-hybridized carbons (Fsp3) is 0.233. The van der Waals surface area contributed by atoms with E-state index in [0.29, 0.717) is 21.6 Å². The number of carbonyl (C=O) groups is 1. The van der Waals surface area contributed by atoms with Gasteiger partial charge in [0, 0.05) is 35.4 Å². The predicted molar refractivity (Wildman–Crippen MR) is 163 cm³/mol. The fourth-order valence-electron chi connectivity index (χ4n) is 5.25. The highest BCUT2D eigenvalue weighted by molar-refractivity contribution is 7.80. The van der Waals surface area contributed by atoms with Crippen LogP contribution in [0.5, 0.6) is 0 Å². The average Bonchev–Trinajstić information content (AvgIpc) is 3.42. The molecule has 0 spiro atoms. The Morgan fingerprint density at radius 2 is 1.87 bits per heavy atom. The van der Waals surface area contributed by atoms with Gasteiger partial charge in [0.25, 0.3) is 0 Å². The van der Waals surface area contributed by atoms with E-state index in [4.69, 9.17) is 35.4 Å². The maximum Gasteiger partial charge on any atom is 0.224 e. The van der Waals surface area contributed by atoms with Crippen LogP contribution in [0.3, 0.4) is 0 Å². The molecule has 6 nitrogen and oxygen atoms in total. The third kappa shape index (κ3) is 5.02. The lowest BCUT2D eigenvalue weighted by atomic mass is 9.96. The molecule has 4 aromatic rings. The summed E-state index contributed by atoms with van der Waals surface area (Å²) in [5, 5.41) is 8.11. The van der Waals surface area contributed by atoms with Crippen LogP contribution in [0.4, 0.5) is 11.4 Å². The van der Waals surface area contributed by atoms with Gasteiger partial charge < -0.3 is 20.1 Å². The minimum atomic E-state index is -0.194. The Bertz CT molecular complexity index is 1570. The van der Waals surface area contributed by atoms with Crippen molar-refractivity contribution in [1.29, 1.82) is 0 Å². The molecule has 1 aliphatic heterocycles. The van der Waals surface area contributed by atoms with Gasteiger partial charge in [0.15, 0.2) is 5.11 Å². The van der Waals surface area contributed by atoms with E-state index in [1.807, 2.05) is 56.3 Å². The lowest BCUT2D eigenvalue weighted by Gasteiger charge is -2.29. The van der Waals surface area contributed by atoms with Crippen molar-refractivity contribution < 1.29 is 4.79 Å². The molecule has 1 aliphatic rings. The maximum atomic E-state index is 12.0. The molecule has 39 heavy (non-hydrogen) atoms. The van der Waals surface area contributed by atoms with Crippen LogP contribution >= 0.6 is 35.4 Å². The number of halogens is 2. The smallest absolute Gasteiger partial charge is 0.224 e. The molecule has 2 N–H and O–H groups in total. The first-order valence-corrected chi connectivity index (χ1v) is 13.9.